The number of Topliss-reactive ketones (excluding diaryl/α,β-unsaturated/α-hetero) is 1. The lowest BCUT2D eigenvalue weighted by atomic mass is 10.1. The fourth-order valence-electron chi connectivity index (χ4n) is 2.00. The molecule has 0 saturated carbocycles. The van der Waals surface area contributed by atoms with Gasteiger partial charge in [-0.3, -0.25) is 4.79 Å². The maximum Gasteiger partial charge on any atom is 0.210 e. The van der Waals surface area contributed by atoms with Gasteiger partial charge in [0.05, 0.1) is 12.9 Å². The van der Waals surface area contributed by atoms with Crippen LogP contribution >= 0.6 is 23.1 Å². The highest BCUT2D eigenvalue weighted by atomic mass is 32.2. The number of carbonyl (C=O) groups excluding carboxylic acids is 1. The molecule has 25 heavy (non-hydrogen) atoms. The first kappa shape index (κ1) is 17.4. The van der Waals surface area contributed by atoms with E-state index in [1.807, 2.05) is 0 Å². The van der Waals surface area contributed by atoms with Crippen molar-refractivity contribution in [3.05, 3.63) is 59.9 Å². The van der Waals surface area contributed by atoms with E-state index in [0.29, 0.717) is 26.5 Å². The molecule has 0 aliphatic heterocycles. The zero-order chi connectivity index (χ0) is 17.6. The summed E-state index contributed by atoms with van der Waals surface area (Å²) in [4.78, 5) is 12.2. The average Bonchev–Trinajstić information content (AvgIpc) is 3.07. The van der Waals surface area contributed by atoms with Crippen LogP contribution in [-0.2, 0) is 0 Å². The number of anilines is 2. The molecule has 0 aliphatic rings. The van der Waals surface area contributed by atoms with Crippen molar-refractivity contribution < 1.29 is 13.9 Å². The minimum absolute atomic E-state index is 0.00231. The lowest BCUT2D eigenvalue weighted by molar-refractivity contribution is 0.102. The van der Waals surface area contributed by atoms with E-state index in [2.05, 4.69) is 15.5 Å². The molecule has 2 aromatic carbocycles. The van der Waals surface area contributed by atoms with Gasteiger partial charge in [-0.1, -0.05) is 29.2 Å². The summed E-state index contributed by atoms with van der Waals surface area (Å²) >= 11 is 2.63. The van der Waals surface area contributed by atoms with E-state index in [9.17, 15) is 9.18 Å². The van der Waals surface area contributed by atoms with Gasteiger partial charge in [-0.25, -0.2) is 4.39 Å². The number of hydrogen-bond donors (Lipinski definition) is 1. The van der Waals surface area contributed by atoms with Crippen molar-refractivity contribution in [1.29, 1.82) is 0 Å². The Morgan fingerprint density at radius 2 is 2.04 bits per heavy atom. The van der Waals surface area contributed by atoms with Crippen molar-refractivity contribution >= 4 is 39.7 Å². The minimum atomic E-state index is -0.325. The largest absolute Gasteiger partial charge is 0.497 e. The Balaban J connectivity index is 1.56. The van der Waals surface area contributed by atoms with Crippen LogP contribution in [0.25, 0.3) is 0 Å². The first-order valence-electron chi connectivity index (χ1n) is 7.30. The summed E-state index contributed by atoms with van der Waals surface area (Å²) in [6.45, 7) is 0. The van der Waals surface area contributed by atoms with E-state index in [4.69, 9.17) is 4.74 Å². The van der Waals surface area contributed by atoms with E-state index in [-0.39, 0.29) is 17.4 Å². The third-order valence-corrected chi connectivity index (χ3v) is 5.19. The lowest BCUT2D eigenvalue weighted by Gasteiger charge is -2.02. The summed E-state index contributed by atoms with van der Waals surface area (Å²) in [5, 5.41) is 11.6. The first-order chi connectivity index (χ1) is 12.1. The number of methoxy groups -OCH3 is 1. The summed E-state index contributed by atoms with van der Waals surface area (Å²) in [6.07, 6.45) is 0. The molecule has 1 heterocycles. The van der Waals surface area contributed by atoms with Crippen LogP contribution in [0.2, 0.25) is 0 Å². The van der Waals surface area contributed by atoms with Crippen molar-refractivity contribution in [2.75, 3.05) is 18.2 Å². The summed E-state index contributed by atoms with van der Waals surface area (Å²) in [5.41, 5.74) is 1.22. The van der Waals surface area contributed by atoms with Crippen LogP contribution in [-0.4, -0.2) is 28.8 Å². The van der Waals surface area contributed by atoms with Gasteiger partial charge in [0, 0.05) is 11.3 Å². The molecular weight excluding hydrogens is 361 g/mol. The van der Waals surface area contributed by atoms with Crippen molar-refractivity contribution in [1.82, 2.24) is 10.2 Å². The van der Waals surface area contributed by atoms with E-state index < -0.39 is 0 Å². The maximum absolute atomic E-state index is 13.2. The fraction of sp³-hybridized carbons (Fsp3) is 0.118. The molecule has 8 heteroatoms. The zero-order valence-corrected chi connectivity index (χ0v) is 14.9. The van der Waals surface area contributed by atoms with E-state index >= 15 is 0 Å². The molecule has 5 nitrogen and oxygen atoms in total. The molecule has 0 atom stereocenters. The van der Waals surface area contributed by atoms with Crippen molar-refractivity contribution in [2.45, 2.75) is 4.34 Å². The van der Waals surface area contributed by atoms with Crippen LogP contribution in [0.3, 0.4) is 0 Å². The third-order valence-electron chi connectivity index (χ3n) is 3.22. The predicted molar refractivity (Wildman–Crippen MR) is 97.6 cm³/mol. The van der Waals surface area contributed by atoms with Crippen LogP contribution < -0.4 is 10.1 Å². The van der Waals surface area contributed by atoms with Crippen molar-refractivity contribution in [2.24, 2.45) is 0 Å². The van der Waals surface area contributed by atoms with Crippen molar-refractivity contribution in [3.63, 3.8) is 0 Å². The number of nitrogens with zero attached hydrogens (tertiary/aromatic N) is 2. The maximum atomic E-state index is 13.2. The number of hydrogen-bond acceptors (Lipinski definition) is 7. The highest BCUT2D eigenvalue weighted by molar-refractivity contribution is 8.01. The number of thioether (sulfide) groups is 1. The number of ether oxygens (including phenoxy) is 1. The number of benzene rings is 2. The third kappa shape index (κ3) is 4.77. The quantitative estimate of drug-likeness (QED) is 0.488. The predicted octanol–water partition coefficient (Wildman–Crippen LogP) is 4.40. The summed E-state index contributed by atoms with van der Waals surface area (Å²) in [6, 6.07) is 13.1. The molecule has 0 spiro atoms. The molecular formula is C17H14FN3O2S2. The monoisotopic (exact) mass is 375 g/mol. The van der Waals surface area contributed by atoms with Crippen molar-refractivity contribution in [3.8, 4) is 5.75 Å². The Labute approximate surface area is 152 Å². The molecule has 0 bridgehead atoms. The second-order valence-electron chi connectivity index (χ2n) is 4.95. The van der Waals surface area contributed by atoms with Gasteiger partial charge in [-0.15, -0.1) is 10.2 Å². The second kappa shape index (κ2) is 8.09. The molecule has 0 unspecified atom stereocenters. The normalized spacial score (nSPS) is 10.5. The number of rotatable bonds is 7. The second-order valence-corrected chi connectivity index (χ2v) is 7.15. The van der Waals surface area contributed by atoms with Gasteiger partial charge in [0.1, 0.15) is 11.6 Å². The minimum Gasteiger partial charge on any atom is -0.497 e. The Kier molecular flexibility index (Phi) is 5.62. The van der Waals surface area contributed by atoms with Gasteiger partial charge >= 0.3 is 0 Å². The Morgan fingerprint density at radius 3 is 2.76 bits per heavy atom. The molecule has 3 aromatic rings. The molecule has 128 valence electrons. The molecule has 0 saturated heterocycles. The standard InChI is InChI=1S/C17H14FN3O2S2/c1-23-14-7-5-11(6-8-14)15(22)10-24-17-21-20-16(25-17)19-13-4-2-3-12(18)9-13/h2-9H,10H2,1H3,(H,19,20). The van der Waals surface area contributed by atoms with Crippen LogP contribution in [0.15, 0.2) is 52.9 Å². The Morgan fingerprint density at radius 1 is 1.24 bits per heavy atom. The zero-order valence-electron chi connectivity index (χ0n) is 13.2. The fourth-order valence-corrected chi connectivity index (χ4v) is 3.66. The molecule has 3 rings (SSSR count). The van der Waals surface area contributed by atoms with Gasteiger partial charge in [0.25, 0.3) is 0 Å². The van der Waals surface area contributed by atoms with Gasteiger partial charge in [0.15, 0.2) is 10.1 Å². The molecule has 1 aromatic heterocycles. The summed E-state index contributed by atoms with van der Waals surface area (Å²) < 4.78 is 18.9. The summed E-state index contributed by atoms with van der Waals surface area (Å²) in [5.74, 6) is 0.652. The van der Waals surface area contributed by atoms with Gasteiger partial charge in [0.2, 0.25) is 5.13 Å². The number of carbonyl (C=O) groups is 1. The van der Waals surface area contributed by atoms with Gasteiger partial charge in [-0.05, 0) is 42.5 Å². The summed E-state index contributed by atoms with van der Waals surface area (Å²) in [7, 11) is 1.58. The smallest absolute Gasteiger partial charge is 0.210 e. The molecule has 0 fully saturated rings. The number of nitrogens with one attached hydrogen (secondary N) is 1. The topological polar surface area (TPSA) is 64.1 Å². The van der Waals surface area contributed by atoms with Gasteiger partial charge < -0.3 is 10.1 Å². The van der Waals surface area contributed by atoms with Gasteiger partial charge in [-0.2, -0.15) is 0 Å². The highest BCUT2D eigenvalue weighted by Gasteiger charge is 2.10. The SMILES string of the molecule is COc1ccc(C(=O)CSc2nnc(Nc3cccc(F)c3)s2)cc1. The number of ketones is 1. The Bertz CT molecular complexity index is 868. The van der Waals surface area contributed by atoms with E-state index in [1.54, 1.807) is 43.5 Å². The molecule has 1 N–H and O–H groups in total. The highest BCUT2D eigenvalue weighted by Crippen LogP contribution is 2.28. The Hall–Kier alpha value is -2.45. The van der Waals surface area contributed by atoms with Crippen LogP contribution in [0.1, 0.15) is 10.4 Å². The molecule has 0 aliphatic carbocycles. The molecule has 0 amide bonds. The number of halogens is 1. The van der Waals surface area contributed by atoms with E-state index in [0.717, 1.165) is 0 Å². The van der Waals surface area contributed by atoms with Crippen LogP contribution in [0.5, 0.6) is 5.75 Å². The van der Waals surface area contributed by atoms with E-state index in [1.165, 1.54) is 35.2 Å². The number of aromatic nitrogens is 2. The molecule has 0 radical (unpaired) electrons. The average molecular weight is 375 g/mol. The van der Waals surface area contributed by atoms with Crippen LogP contribution in [0.4, 0.5) is 15.2 Å². The lowest BCUT2D eigenvalue weighted by Crippen LogP contribution is -2.02. The van der Waals surface area contributed by atoms with Crippen LogP contribution in [0, 0.1) is 5.82 Å². The first-order valence-corrected chi connectivity index (χ1v) is 9.10.